The molecule has 0 aliphatic heterocycles. The molecule has 0 radical (unpaired) electrons. The fourth-order valence-electron chi connectivity index (χ4n) is 2.87. The lowest BCUT2D eigenvalue weighted by molar-refractivity contribution is -0.137. The lowest BCUT2D eigenvalue weighted by Gasteiger charge is -2.23. The number of unbranched alkanes of at least 4 members (excludes halogenated alkanes) is 1. The number of ether oxygens (including phenoxy) is 1. The van der Waals surface area contributed by atoms with Crippen LogP contribution < -0.4 is 9.64 Å². The number of halogens is 1. The van der Waals surface area contributed by atoms with Gasteiger partial charge in [0.1, 0.15) is 5.75 Å². The van der Waals surface area contributed by atoms with Gasteiger partial charge in [0.2, 0.25) is 0 Å². The fraction of sp³-hybridized carbons (Fsp3) is 0.500. The fourth-order valence-corrected chi connectivity index (χ4v) is 3.27. The first-order valence-electron chi connectivity index (χ1n) is 10.1. The number of hydrogen-bond acceptors (Lipinski definition) is 5. The molecule has 0 aliphatic rings. The number of aromatic nitrogens is 2. The molecule has 1 N–H and O–H groups in total. The van der Waals surface area contributed by atoms with Crippen molar-refractivity contribution in [2.24, 2.45) is 5.92 Å². The Kier molecular flexibility index (Phi) is 9.38. The Hall–Kier alpha value is -2.15. The summed E-state index contributed by atoms with van der Waals surface area (Å²) in [6.45, 7) is 8.51. The second kappa shape index (κ2) is 11.8. The number of benzene rings is 1. The predicted molar refractivity (Wildman–Crippen MR) is 118 cm³/mol. The van der Waals surface area contributed by atoms with Crippen molar-refractivity contribution in [2.45, 2.75) is 53.0 Å². The molecule has 0 atom stereocenters. The predicted octanol–water partition coefficient (Wildman–Crippen LogP) is 5.10. The monoisotopic (exact) mass is 463 g/mol. The van der Waals surface area contributed by atoms with Crippen LogP contribution in [0, 0.1) is 5.92 Å². The maximum Gasteiger partial charge on any atom is 0.303 e. The summed E-state index contributed by atoms with van der Waals surface area (Å²) in [6, 6.07) is 10.0. The van der Waals surface area contributed by atoms with Gasteiger partial charge in [0.05, 0.1) is 12.3 Å². The minimum atomic E-state index is -0.755. The summed E-state index contributed by atoms with van der Waals surface area (Å²) in [5, 5.41) is 17.4. The Labute approximate surface area is 181 Å². The van der Waals surface area contributed by atoms with Crippen molar-refractivity contribution < 1.29 is 14.6 Å². The molecule has 1 heterocycles. The maximum absolute atomic E-state index is 10.6. The Balaban J connectivity index is 2.04. The van der Waals surface area contributed by atoms with Gasteiger partial charge in [0.15, 0.2) is 5.82 Å². The molecule has 2 rings (SSSR count). The molecule has 7 heteroatoms. The highest BCUT2D eigenvalue weighted by atomic mass is 79.9. The van der Waals surface area contributed by atoms with E-state index in [4.69, 9.17) is 9.84 Å². The molecule has 0 saturated heterocycles. The third-order valence-corrected chi connectivity index (χ3v) is 4.93. The van der Waals surface area contributed by atoms with Crippen molar-refractivity contribution in [2.75, 3.05) is 18.1 Å². The zero-order valence-electron chi connectivity index (χ0n) is 17.4. The number of carboxylic acids is 1. The van der Waals surface area contributed by atoms with Crippen molar-refractivity contribution in [3.63, 3.8) is 0 Å². The minimum Gasteiger partial charge on any atom is -0.493 e. The third-order valence-electron chi connectivity index (χ3n) is 4.44. The number of carboxylic acid groups (broad SMARTS) is 1. The normalized spacial score (nSPS) is 10.9. The van der Waals surface area contributed by atoms with Crippen molar-refractivity contribution in [3.05, 3.63) is 46.1 Å². The van der Waals surface area contributed by atoms with Crippen LogP contribution >= 0.6 is 15.9 Å². The first-order valence-corrected chi connectivity index (χ1v) is 10.9. The Bertz CT molecular complexity index is 781. The molecule has 0 aliphatic carbocycles. The van der Waals surface area contributed by atoms with Crippen molar-refractivity contribution in [3.8, 4) is 5.75 Å². The summed E-state index contributed by atoms with van der Waals surface area (Å²) < 4.78 is 7.02. The van der Waals surface area contributed by atoms with Crippen LogP contribution in [0.4, 0.5) is 5.82 Å². The van der Waals surface area contributed by atoms with Gasteiger partial charge in [-0.3, -0.25) is 4.79 Å². The van der Waals surface area contributed by atoms with Crippen LogP contribution in [-0.4, -0.2) is 34.4 Å². The summed E-state index contributed by atoms with van der Waals surface area (Å²) in [4.78, 5) is 12.7. The van der Waals surface area contributed by atoms with Gasteiger partial charge >= 0.3 is 5.97 Å². The van der Waals surface area contributed by atoms with Gasteiger partial charge in [-0.2, -0.15) is 5.10 Å². The van der Waals surface area contributed by atoms with Crippen LogP contribution in [0.2, 0.25) is 0 Å². The average Bonchev–Trinajstić information content (AvgIpc) is 2.69. The van der Waals surface area contributed by atoms with E-state index in [2.05, 4.69) is 57.9 Å². The molecule has 2 aromatic rings. The van der Waals surface area contributed by atoms with Gasteiger partial charge in [-0.25, -0.2) is 0 Å². The van der Waals surface area contributed by atoms with Gasteiger partial charge in [0, 0.05) is 29.5 Å². The summed E-state index contributed by atoms with van der Waals surface area (Å²) >= 11 is 3.55. The maximum atomic E-state index is 10.6. The summed E-state index contributed by atoms with van der Waals surface area (Å²) in [5.74, 6) is 1.41. The molecule has 158 valence electrons. The number of nitrogens with zero attached hydrogens (tertiary/aromatic N) is 3. The summed E-state index contributed by atoms with van der Waals surface area (Å²) in [5.41, 5.74) is 1.99. The van der Waals surface area contributed by atoms with E-state index in [0.717, 1.165) is 46.7 Å². The second-order valence-corrected chi connectivity index (χ2v) is 8.37. The number of anilines is 1. The smallest absolute Gasteiger partial charge is 0.303 e. The number of aryl methyl sites for hydroxylation is 1. The highest BCUT2D eigenvalue weighted by Gasteiger charge is 2.13. The number of carbonyl (C=O) groups is 1. The number of hydrogen-bond donors (Lipinski definition) is 1. The van der Waals surface area contributed by atoms with E-state index >= 15 is 0 Å². The van der Waals surface area contributed by atoms with Crippen LogP contribution in [0.1, 0.15) is 51.3 Å². The Morgan fingerprint density at radius 1 is 1.21 bits per heavy atom. The summed E-state index contributed by atoms with van der Waals surface area (Å²) in [7, 11) is 0. The molecule has 0 fully saturated rings. The molecular formula is C22H30BrN3O3. The van der Waals surface area contributed by atoms with E-state index in [-0.39, 0.29) is 6.42 Å². The molecule has 0 saturated carbocycles. The third kappa shape index (κ3) is 8.01. The van der Waals surface area contributed by atoms with Gasteiger partial charge in [0.25, 0.3) is 0 Å². The van der Waals surface area contributed by atoms with Crippen LogP contribution in [0.25, 0.3) is 0 Å². The van der Waals surface area contributed by atoms with Crippen molar-refractivity contribution in [1.82, 2.24) is 10.2 Å². The van der Waals surface area contributed by atoms with Crippen LogP contribution in [0.15, 0.2) is 34.8 Å². The molecule has 0 unspecified atom stereocenters. The SMILES string of the molecule is CCN(Cc1cc(Br)ccc1OCC(C)C)c1ccc(CCCCC(=O)O)nn1. The Morgan fingerprint density at radius 2 is 2.00 bits per heavy atom. The quantitative estimate of drug-likeness (QED) is 0.441. The van der Waals surface area contributed by atoms with Crippen LogP contribution in [0.3, 0.4) is 0 Å². The minimum absolute atomic E-state index is 0.197. The first kappa shape index (κ1) is 23.1. The van der Waals surface area contributed by atoms with Crippen LogP contribution in [-0.2, 0) is 17.8 Å². The second-order valence-electron chi connectivity index (χ2n) is 7.45. The zero-order valence-corrected chi connectivity index (χ0v) is 19.0. The zero-order chi connectivity index (χ0) is 21.2. The van der Waals surface area contributed by atoms with E-state index in [1.165, 1.54) is 0 Å². The van der Waals surface area contributed by atoms with Crippen molar-refractivity contribution in [1.29, 1.82) is 0 Å². The Morgan fingerprint density at radius 3 is 2.62 bits per heavy atom. The number of aliphatic carboxylic acids is 1. The first-order chi connectivity index (χ1) is 13.9. The van der Waals surface area contributed by atoms with E-state index in [1.54, 1.807) is 0 Å². The number of rotatable bonds is 12. The molecule has 6 nitrogen and oxygen atoms in total. The highest BCUT2D eigenvalue weighted by Crippen LogP contribution is 2.26. The summed E-state index contributed by atoms with van der Waals surface area (Å²) in [6.07, 6.45) is 2.39. The highest BCUT2D eigenvalue weighted by molar-refractivity contribution is 9.10. The molecule has 0 spiro atoms. The van der Waals surface area contributed by atoms with Crippen LogP contribution in [0.5, 0.6) is 5.75 Å². The van der Waals surface area contributed by atoms with E-state index < -0.39 is 5.97 Å². The molecule has 29 heavy (non-hydrogen) atoms. The van der Waals surface area contributed by atoms with E-state index in [0.29, 0.717) is 25.5 Å². The van der Waals surface area contributed by atoms with Gasteiger partial charge in [-0.15, -0.1) is 5.10 Å². The molecule has 0 bridgehead atoms. The molecule has 0 amide bonds. The lowest BCUT2D eigenvalue weighted by atomic mass is 10.1. The molecule has 1 aromatic heterocycles. The van der Waals surface area contributed by atoms with E-state index in [1.807, 2.05) is 24.3 Å². The molecule has 1 aromatic carbocycles. The van der Waals surface area contributed by atoms with Gasteiger partial charge in [-0.1, -0.05) is 29.8 Å². The topological polar surface area (TPSA) is 75.5 Å². The van der Waals surface area contributed by atoms with Gasteiger partial charge < -0.3 is 14.7 Å². The van der Waals surface area contributed by atoms with E-state index in [9.17, 15) is 4.79 Å². The standard InChI is InChI=1S/C22H30BrN3O3/c1-4-26(14-17-13-18(23)9-11-20(17)29-15-16(2)3)21-12-10-19(24-25-21)7-5-6-8-22(27)28/h9-13,16H,4-8,14-15H2,1-3H3,(H,27,28). The largest absolute Gasteiger partial charge is 0.493 e. The lowest BCUT2D eigenvalue weighted by Crippen LogP contribution is -2.24. The molecular weight excluding hydrogens is 434 g/mol. The van der Waals surface area contributed by atoms with Gasteiger partial charge in [-0.05, 0) is 62.4 Å². The van der Waals surface area contributed by atoms with Crippen molar-refractivity contribution >= 4 is 27.7 Å². The average molecular weight is 464 g/mol.